The Labute approximate surface area is 172 Å². The third kappa shape index (κ3) is 7.47. The number of ether oxygens (including phenoxy) is 1. The van der Waals surface area contributed by atoms with Crippen LogP contribution in [0.1, 0.15) is 70.0 Å². The number of nitrogen functional groups attached to an aromatic ring is 1. The summed E-state index contributed by atoms with van der Waals surface area (Å²) in [5.41, 5.74) is 9.76. The van der Waals surface area contributed by atoms with Gasteiger partial charge in [0, 0.05) is 17.5 Å². The van der Waals surface area contributed by atoms with Crippen molar-refractivity contribution in [2.45, 2.75) is 70.6 Å². The predicted molar refractivity (Wildman–Crippen MR) is 110 cm³/mol. The zero-order chi connectivity index (χ0) is 21.4. The number of hydroxylamine groups is 1. The number of nitrogens with one attached hydrogen (secondary N) is 3. The topological polar surface area (TPSA) is 127 Å². The van der Waals surface area contributed by atoms with Gasteiger partial charge in [0.25, 0.3) is 0 Å². The summed E-state index contributed by atoms with van der Waals surface area (Å²) in [5, 5.41) is 10.5. The highest BCUT2D eigenvalue weighted by atomic mass is 16.7. The number of nitrogens with two attached hydrogens (primary N) is 1. The van der Waals surface area contributed by atoms with Gasteiger partial charge in [0.1, 0.15) is 5.84 Å². The number of amides is 1. The zero-order valence-electron chi connectivity index (χ0n) is 17.4. The van der Waals surface area contributed by atoms with Crippen LogP contribution in [0.2, 0.25) is 0 Å². The first kappa shape index (κ1) is 22.8. The summed E-state index contributed by atoms with van der Waals surface area (Å²) in [7, 11) is 0. The van der Waals surface area contributed by atoms with Gasteiger partial charge in [0.15, 0.2) is 0 Å². The van der Waals surface area contributed by atoms with E-state index in [1.54, 1.807) is 19.1 Å². The maximum atomic E-state index is 12.4. The number of carbonyl (C=O) groups excluding carboxylic acids is 2. The summed E-state index contributed by atoms with van der Waals surface area (Å²) in [6.07, 6.45) is 2.42. The second-order valence-electron chi connectivity index (χ2n) is 7.98. The first-order valence-corrected chi connectivity index (χ1v) is 10.0. The van der Waals surface area contributed by atoms with Crippen LogP contribution >= 0.6 is 0 Å². The first-order valence-electron chi connectivity index (χ1n) is 10.0. The number of amidine groups is 1. The Morgan fingerprint density at radius 3 is 2.66 bits per heavy atom. The van der Waals surface area contributed by atoms with E-state index in [0.29, 0.717) is 37.9 Å². The van der Waals surface area contributed by atoms with E-state index in [2.05, 4.69) is 10.8 Å². The Kier molecular flexibility index (Phi) is 8.16. The monoisotopic (exact) mass is 404 g/mol. The van der Waals surface area contributed by atoms with Crippen LogP contribution < -0.4 is 16.5 Å². The highest BCUT2D eigenvalue weighted by molar-refractivity contribution is 5.94. The molecule has 160 valence electrons. The van der Waals surface area contributed by atoms with E-state index in [0.717, 1.165) is 5.56 Å². The molecule has 0 saturated carbocycles. The molecule has 0 bridgehead atoms. The number of hydrogen-bond acceptors (Lipinski definition) is 6. The van der Waals surface area contributed by atoms with Gasteiger partial charge in [-0.2, -0.15) is 5.48 Å². The van der Waals surface area contributed by atoms with Gasteiger partial charge in [-0.3, -0.25) is 19.8 Å². The molecule has 1 amide bonds. The summed E-state index contributed by atoms with van der Waals surface area (Å²) in [5.74, 6) is -0.250. The highest BCUT2D eigenvalue weighted by Gasteiger charge is 2.30. The molecule has 1 aromatic carbocycles. The highest BCUT2D eigenvalue weighted by Crippen LogP contribution is 2.27. The molecular formula is C21H32N4O4. The second-order valence-corrected chi connectivity index (χ2v) is 7.98. The van der Waals surface area contributed by atoms with E-state index in [1.807, 2.05) is 26.0 Å². The fourth-order valence-corrected chi connectivity index (χ4v) is 3.37. The second kappa shape index (κ2) is 10.4. The average Bonchev–Trinajstić information content (AvgIpc) is 3.09. The molecule has 29 heavy (non-hydrogen) atoms. The van der Waals surface area contributed by atoms with Crippen LogP contribution in [-0.4, -0.2) is 36.0 Å². The number of esters is 1. The summed E-state index contributed by atoms with van der Waals surface area (Å²) >= 11 is 0. The van der Waals surface area contributed by atoms with Gasteiger partial charge >= 0.3 is 5.97 Å². The van der Waals surface area contributed by atoms with Crippen molar-refractivity contribution in [1.29, 1.82) is 5.41 Å². The molecule has 0 radical (unpaired) electrons. The Hall–Kier alpha value is -2.45. The number of hydrogen-bond donors (Lipinski definition) is 4. The lowest BCUT2D eigenvalue weighted by atomic mass is 9.96. The lowest BCUT2D eigenvalue weighted by molar-refractivity contribution is -0.143. The largest absolute Gasteiger partial charge is 0.466 e. The van der Waals surface area contributed by atoms with Gasteiger partial charge in [-0.1, -0.05) is 24.3 Å². The Morgan fingerprint density at radius 2 is 2.03 bits per heavy atom. The van der Waals surface area contributed by atoms with Crippen molar-refractivity contribution in [3.05, 3.63) is 35.4 Å². The van der Waals surface area contributed by atoms with E-state index >= 15 is 0 Å². The lowest BCUT2D eigenvalue weighted by Crippen LogP contribution is -2.44. The molecule has 1 heterocycles. The molecule has 0 unspecified atom stereocenters. The van der Waals surface area contributed by atoms with E-state index in [4.69, 9.17) is 20.7 Å². The first-order chi connectivity index (χ1) is 13.7. The molecule has 8 nitrogen and oxygen atoms in total. The molecule has 5 N–H and O–H groups in total. The van der Waals surface area contributed by atoms with E-state index in [-0.39, 0.29) is 36.3 Å². The summed E-state index contributed by atoms with van der Waals surface area (Å²) in [4.78, 5) is 29.4. The molecule has 1 aromatic rings. The fourth-order valence-electron chi connectivity index (χ4n) is 3.37. The van der Waals surface area contributed by atoms with Gasteiger partial charge in [0.05, 0.1) is 25.2 Å². The van der Waals surface area contributed by atoms with Gasteiger partial charge < -0.3 is 15.8 Å². The molecule has 1 fully saturated rings. The van der Waals surface area contributed by atoms with Crippen molar-refractivity contribution in [1.82, 2.24) is 10.8 Å². The predicted octanol–water partition coefficient (Wildman–Crippen LogP) is 2.32. The molecule has 2 atom stereocenters. The van der Waals surface area contributed by atoms with Gasteiger partial charge in [-0.15, -0.1) is 0 Å². The van der Waals surface area contributed by atoms with E-state index in [9.17, 15) is 9.59 Å². The Balaban J connectivity index is 1.76. The summed E-state index contributed by atoms with van der Waals surface area (Å²) in [6.45, 7) is 6.07. The molecule has 0 aromatic heterocycles. The van der Waals surface area contributed by atoms with Crippen molar-refractivity contribution >= 4 is 17.7 Å². The SMILES string of the molecule is CCOC(=O)CCCC(C)(C)NC(=O)C[C@H]1C[C@@H](c2ccc(C(=N)N)cc2)NO1. The maximum Gasteiger partial charge on any atom is 0.305 e. The van der Waals surface area contributed by atoms with Crippen LogP contribution in [0.4, 0.5) is 0 Å². The lowest BCUT2D eigenvalue weighted by Gasteiger charge is -2.26. The molecular weight excluding hydrogens is 372 g/mol. The number of benzene rings is 1. The molecule has 0 aliphatic carbocycles. The van der Waals surface area contributed by atoms with Gasteiger partial charge in [-0.25, -0.2) is 0 Å². The fraction of sp³-hybridized carbons (Fsp3) is 0.571. The van der Waals surface area contributed by atoms with Crippen LogP contribution in [0, 0.1) is 5.41 Å². The number of rotatable bonds is 10. The Bertz CT molecular complexity index is 718. The van der Waals surface area contributed by atoms with E-state index < -0.39 is 5.54 Å². The Morgan fingerprint density at radius 1 is 1.34 bits per heavy atom. The quantitative estimate of drug-likeness (QED) is 0.269. The van der Waals surface area contributed by atoms with Crippen molar-refractivity contribution < 1.29 is 19.2 Å². The molecule has 1 saturated heterocycles. The minimum absolute atomic E-state index is 0.00797. The van der Waals surface area contributed by atoms with Crippen LogP contribution in [0.25, 0.3) is 0 Å². The van der Waals surface area contributed by atoms with Crippen molar-refractivity contribution in [2.24, 2.45) is 5.73 Å². The smallest absolute Gasteiger partial charge is 0.305 e. The van der Waals surface area contributed by atoms with Gasteiger partial charge in [-0.05, 0) is 45.6 Å². The third-order valence-corrected chi connectivity index (χ3v) is 4.88. The van der Waals surface area contributed by atoms with Crippen LogP contribution in [0.5, 0.6) is 0 Å². The van der Waals surface area contributed by atoms with Gasteiger partial charge in [0.2, 0.25) is 5.91 Å². The average molecular weight is 405 g/mol. The van der Waals surface area contributed by atoms with Crippen LogP contribution in [-0.2, 0) is 19.2 Å². The standard InChI is InChI=1S/C21H32N4O4/c1-4-28-19(27)6-5-11-21(2,3)24-18(26)13-16-12-17(25-29-16)14-7-9-15(10-8-14)20(22)23/h7-10,16-17,25H,4-6,11-13H2,1-3H3,(H3,22,23)(H,24,26)/t16-,17+/m1/s1. The zero-order valence-corrected chi connectivity index (χ0v) is 17.4. The number of carbonyl (C=O) groups is 2. The minimum Gasteiger partial charge on any atom is -0.466 e. The van der Waals surface area contributed by atoms with Crippen LogP contribution in [0.15, 0.2) is 24.3 Å². The molecule has 0 spiro atoms. The van der Waals surface area contributed by atoms with E-state index in [1.165, 1.54) is 0 Å². The maximum absolute atomic E-state index is 12.4. The third-order valence-electron chi connectivity index (χ3n) is 4.88. The minimum atomic E-state index is -0.405. The molecule has 8 heteroatoms. The van der Waals surface area contributed by atoms with Crippen molar-refractivity contribution in [2.75, 3.05) is 6.61 Å². The summed E-state index contributed by atoms with van der Waals surface area (Å²) in [6, 6.07) is 7.42. The van der Waals surface area contributed by atoms with Crippen LogP contribution in [0.3, 0.4) is 0 Å². The van der Waals surface area contributed by atoms with Crippen molar-refractivity contribution in [3.8, 4) is 0 Å². The van der Waals surface area contributed by atoms with Crippen molar-refractivity contribution in [3.63, 3.8) is 0 Å². The summed E-state index contributed by atoms with van der Waals surface area (Å²) < 4.78 is 4.92. The molecule has 2 rings (SSSR count). The molecule has 1 aliphatic heterocycles. The molecule has 1 aliphatic rings. The normalized spacial score (nSPS) is 19.0.